The van der Waals surface area contributed by atoms with Crippen LogP contribution in [0.3, 0.4) is 0 Å². The molecule has 2 aromatic carbocycles. The molecule has 0 saturated carbocycles. The maximum absolute atomic E-state index is 12.8. The van der Waals surface area contributed by atoms with E-state index in [1.165, 1.54) is 12.1 Å². The first-order valence-corrected chi connectivity index (χ1v) is 14.4. The molecule has 2 unspecified atom stereocenters. The van der Waals surface area contributed by atoms with Crippen LogP contribution in [0.2, 0.25) is 0 Å². The molecule has 0 bridgehead atoms. The number of imidazole rings is 1. The van der Waals surface area contributed by atoms with E-state index in [4.69, 9.17) is 4.84 Å². The number of carbonyl (C=O) groups excluding carboxylic acids is 1. The van der Waals surface area contributed by atoms with Gasteiger partial charge in [0.05, 0.1) is 10.6 Å². The standard InChI is InChI=1S/C27H32N6O6S/c1-18-16-30-27(31-18)28-14-6-5-9-21-15-23(32-39-21)25(34)29-17-24(26(35)36)33-40(37,38)22-12-10-20(11-13-22)19-7-3-2-4-8-19/h2-4,7-8,10-13,16,21,24,33H,5-6,9,14-15,17H2,1H3,(H,29,34)(H,35,36)(H2,28,30,31). The maximum Gasteiger partial charge on any atom is 0.323 e. The van der Waals surface area contributed by atoms with E-state index in [2.05, 4.69) is 30.5 Å². The van der Waals surface area contributed by atoms with E-state index >= 15 is 0 Å². The molecular formula is C27H32N6O6S. The molecule has 0 saturated heterocycles. The van der Waals surface area contributed by atoms with Crippen molar-refractivity contribution >= 4 is 33.6 Å². The minimum absolute atomic E-state index is 0.0874. The van der Waals surface area contributed by atoms with Gasteiger partial charge in [0.2, 0.25) is 10.0 Å². The topological polar surface area (TPSA) is 175 Å². The molecule has 1 aliphatic heterocycles. The number of amides is 1. The third-order valence-electron chi connectivity index (χ3n) is 6.28. The number of aryl methyl sites for hydroxylation is 1. The number of oxime groups is 1. The fourth-order valence-electron chi connectivity index (χ4n) is 4.11. The van der Waals surface area contributed by atoms with E-state index in [1.54, 1.807) is 12.1 Å². The molecule has 4 rings (SSSR count). The van der Waals surface area contributed by atoms with Crippen LogP contribution in [0.1, 0.15) is 31.4 Å². The Morgan fingerprint density at radius 1 is 1.10 bits per heavy atom. The molecule has 1 aromatic heterocycles. The second-order valence-corrected chi connectivity index (χ2v) is 11.1. The Labute approximate surface area is 232 Å². The van der Waals surface area contributed by atoms with Crippen LogP contribution in [0.25, 0.3) is 11.1 Å². The number of nitrogens with zero attached hydrogens (tertiary/aromatic N) is 2. The number of nitrogens with one attached hydrogen (secondary N) is 4. The number of benzene rings is 2. The van der Waals surface area contributed by atoms with Crippen LogP contribution in [-0.4, -0.2) is 66.3 Å². The van der Waals surface area contributed by atoms with Gasteiger partial charge in [-0.2, -0.15) is 4.72 Å². The van der Waals surface area contributed by atoms with E-state index in [0.29, 0.717) is 6.42 Å². The molecule has 1 amide bonds. The lowest BCUT2D eigenvalue weighted by molar-refractivity contribution is -0.138. The summed E-state index contributed by atoms with van der Waals surface area (Å²) in [4.78, 5) is 36.9. The molecule has 0 aliphatic carbocycles. The zero-order chi connectivity index (χ0) is 28.5. The van der Waals surface area contributed by atoms with Crippen molar-refractivity contribution in [3.8, 4) is 11.1 Å². The molecule has 0 fully saturated rings. The van der Waals surface area contributed by atoms with E-state index in [-0.39, 0.29) is 23.1 Å². The summed E-state index contributed by atoms with van der Waals surface area (Å²) < 4.78 is 27.8. The van der Waals surface area contributed by atoms with Gasteiger partial charge in [-0.25, -0.2) is 13.4 Å². The van der Waals surface area contributed by atoms with Gasteiger partial charge in [0, 0.05) is 25.7 Å². The average Bonchev–Trinajstić information content (AvgIpc) is 3.60. The van der Waals surface area contributed by atoms with Gasteiger partial charge < -0.3 is 25.6 Å². The summed E-state index contributed by atoms with van der Waals surface area (Å²) in [6.07, 6.45) is 4.26. The lowest BCUT2D eigenvalue weighted by Crippen LogP contribution is -2.49. The molecule has 1 aliphatic rings. The third-order valence-corrected chi connectivity index (χ3v) is 7.77. The van der Waals surface area contributed by atoms with Gasteiger partial charge in [-0.15, -0.1) is 0 Å². The highest BCUT2D eigenvalue weighted by molar-refractivity contribution is 7.89. The molecule has 2 atom stereocenters. The van der Waals surface area contributed by atoms with Crippen molar-refractivity contribution in [2.24, 2.45) is 5.16 Å². The molecular weight excluding hydrogens is 536 g/mol. The summed E-state index contributed by atoms with van der Waals surface area (Å²) in [5, 5.41) is 19.0. The summed E-state index contributed by atoms with van der Waals surface area (Å²) in [6.45, 7) is 2.17. The molecule has 0 radical (unpaired) electrons. The summed E-state index contributed by atoms with van der Waals surface area (Å²) in [5.41, 5.74) is 2.78. The predicted octanol–water partition coefficient (Wildman–Crippen LogP) is 2.66. The molecule has 212 valence electrons. The van der Waals surface area contributed by atoms with Crippen molar-refractivity contribution in [1.82, 2.24) is 20.0 Å². The van der Waals surface area contributed by atoms with Crippen LogP contribution in [0, 0.1) is 6.92 Å². The average molecular weight is 569 g/mol. The number of rotatable bonds is 14. The number of sulfonamides is 1. The summed E-state index contributed by atoms with van der Waals surface area (Å²) in [6, 6.07) is 13.9. The number of carboxylic acid groups (broad SMARTS) is 1. The van der Waals surface area contributed by atoms with Crippen molar-refractivity contribution in [3.63, 3.8) is 0 Å². The van der Waals surface area contributed by atoms with Gasteiger partial charge in [0.1, 0.15) is 17.9 Å². The number of aromatic amines is 1. The van der Waals surface area contributed by atoms with Crippen LogP contribution in [0.15, 0.2) is 70.8 Å². The highest BCUT2D eigenvalue weighted by atomic mass is 32.2. The summed E-state index contributed by atoms with van der Waals surface area (Å²) in [7, 11) is -4.16. The first kappa shape index (κ1) is 28.8. The van der Waals surface area contributed by atoms with Gasteiger partial charge in [-0.3, -0.25) is 9.59 Å². The van der Waals surface area contributed by atoms with Crippen LogP contribution in [0.5, 0.6) is 0 Å². The Balaban J connectivity index is 1.21. The van der Waals surface area contributed by atoms with Crippen LogP contribution >= 0.6 is 0 Å². The van der Waals surface area contributed by atoms with E-state index in [0.717, 1.165) is 42.2 Å². The number of H-pyrrole nitrogens is 1. The van der Waals surface area contributed by atoms with Crippen molar-refractivity contribution in [3.05, 3.63) is 66.5 Å². The van der Waals surface area contributed by atoms with Gasteiger partial charge in [0.25, 0.3) is 5.91 Å². The third kappa shape index (κ3) is 7.90. The molecule has 12 nitrogen and oxygen atoms in total. The Morgan fingerprint density at radius 3 is 2.50 bits per heavy atom. The largest absolute Gasteiger partial charge is 0.480 e. The van der Waals surface area contributed by atoms with Crippen molar-refractivity contribution in [1.29, 1.82) is 0 Å². The maximum atomic E-state index is 12.8. The number of anilines is 1. The Hall–Kier alpha value is -4.23. The van der Waals surface area contributed by atoms with Crippen LogP contribution < -0.4 is 15.4 Å². The minimum atomic E-state index is -4.16. The lowest BCUT2D eigenvalue weighted by Gasteiger charge is -2.16. The smallest absolute Gasteiger partial charge is 0.323 e. The monoisotopic (exact) mass is 568 g/mol. The van der Waals surface area contributed by atoms with E-state index < -0.39 is 34.5 Å². The number of hydrogen-bond donors (Lipinski definition) is 5. The normalized spacial score (nSPS) is 15.6. The number of unbranched alkanes of at least 4 members (excludes halogenated alkanes) is 1. The Morgan fingerprint density at radius 2 is 1.82 bits per heavy atom. The fraction of sp³-hybridized carbons (Fsp3) is 0.333. The SMILES string of the molecule is Cc1c[nH]c(NCCCCC2CC(C(=O)NCC(NS(=O)(=O)c3ccc(-c4ccccc4)cc3)C(=O)O)=NO2)n1. The quantitative estimate of drug-likeness (QED) is 0.184. The lowest BCUT2D eigenvalue weighted by atomic mass is 10.1. The van der Waals surface area contributed by atoms with Gasteiger partial charge in [-0.1, -0.05) is 47.6 Å². The zero-order valence-electron chi connectivity index (χ0n) is 22.0. The van der Waals surface area contributed by atoms with E-state index in [9.17, 15) is 23.1 Å². The fourth-order valence-corrected chi connectivity index (χ4v) is 5.30. The minimum Gasteiger partial charge on any atom is -0.480 e. The molecule has 3 aromatic rings. The van der Waals surface area contributed by atoms with Crippen LogP contribution in [0.4, 0.5) is 5.95 Å². The van der Waals surface area contributed by atoms with Gasteiger partial charge in [-0.05, 0) is 49.4 Å². The van der Waals surface area contributed by atoms with Crippen molar-refractivity contribution in [2.75, 3.05) is 18.4 Å². The number of carbonyl (C=O) groups is 2. The molecule has 5 N–H and O–H groups in total. The second-order valence-electron chi connectivity index (χ2n) is 9.40. The summed E-state index contributed by atoms with van der Waals surface area (Å²) in [5.74, 6) is -1.31. The predicted molar refractivity (Wildman–Crippen MR) is 149 cm³/mol. The van der Waals surface area contributed by atoms with Crippen molar-refractivity contribution in [2.45, 2.75) is 49.6 Å². The second kappa shape index (κ2) is 13.2. The Bertz CT molecular complexity index is 1440. The van der Waals surface area contributed by atoms with E-state index in [1.807, 2.05) is 43.5 Å². The van der Waals surface area contributed by atoms with Gasteiger partial charge in [0.15, 0.2) is 5.95 Å². The first-order chi connectivity index (χ1) is 19.2. The molecule has 2 heterocycles. The number of aliphatic carboxylic acids is 1. The number of aromatic nitrogens is 2. The molecule has 40 heavy (non-hydrogen) atoms. The Kier molecular flexibility index (Phi) is 9.51. The highest BCUT2D eigenvalue weighted by Crippen LogP contribution is 2.21. The number of hydrogen-bond acceptors (Lipinski definition) is 8. The van der Waals surface area contributed by atoms with Gasteiger partial charge >= 0.3 is 5.97 Å². The zero-order valence-corrected chi connectivity index (χ0v) is 22.8. The molecule has 0 spiro atoms. The van der Waals surface area contributed by atoms with Crippen LogP contribution in [-0.2, 0) is 24.4 Å². The number of carboxylic acids is 1. The summed E-state index contributed by atoms with van der Waals surface area (Å²) >= 11 is 0. The first-order valence-electron chi connectivity index (χ1n) is 12.9. The van der Waals surface area contributed by atoms with Crippen molar-refractivity contribution < 1.29 is 28.0 Å². The molecule has 13 heteroatoms. The highest BCUT2D eigenvalue weighted by Gasteiger charge is 2.29.